The lowest BCUT2D eigenvalue weighted by atomic mass is 9.90. The fourth-order valence-electron chi connectivity index (χ4n) is 4.22. The normalized spacial score (nSPS) is 13.4. The van der Waals surface area contributed by atoms with E-state index in [0.717, 1.165) is 5.92 Å². The second-order valence-electron chi connectivity index (χ2n) is 8.83. The molecule has 0 spiro atoms. The molecule has 2 unspecified atom stereocenters. The van der Waals surface area contributed by atoms with Gasteiger partial charge >= 0.3 is 0 Å². The molecule has 0 aromatic carbocycles. The molecule has 0 radical (unpaired) electrons. The summed E-state index contributed by atoms with van der Waals surface area (Å²) < 4.78 is 0.671. The van der Waals surface area contributed by atoms with Crippen molar-refractivity contribution in [2.75, 3.05) is 0 Å². The van der Waals surface area contributed by atoms with Gasteiger partial charge < -0.3 is 5.32 Å². The van der Waals surface area contributed by atoms with Crippen molar-refractivity contribution in [3.8, 4) is 0 Å². The molecule has 0 aromatic heterocycles. The minimum Gasteiger partial charge on any atom is -0.368 e. The first-order chi connectivity index (χ1) is 13.6. The fourth-order valence-corrected chi connectivity index (χ4v) is 4.57. The largest absolute Gasteiger partial charge is 0.368 e. The van der Waals surface area contributed by atoms with Crippen LogP contribution in [0.3, 0.4) is 0 Å². The van der Waals surface area contributed by atoms with E-state index in [1.54, 1.807) is 0 Å². The molecule has 0 bridgehead atoms. The molecule has 2 atom stereocenters. The molecule has 0 amide bonds. The number of hydrogen-bond acceptors (Lipinski definition) is 1. The van der Waals surface area contributed by atoms with Crippen LogP contribution in [0, 0.1) is 5.92 Å². The SMILES string of the molecule is CCCCCCCCCCCCCCCC(CC(CC)CCCC)NC(=S)S. The van der Waals surface area contributed by atoms with E-state index < -0.39 is 0 Å². The Morgan fingerprint density at radius 2 is 1.14 bits per heavy atom. The average molecular weight is 430 g/mol. The van der Waals surface area contributed by atoms with Gasteiger partial charge in [-0.3, -0.25) is 0 Å². The first-order valence-corrected chi connectivity index (χ1v) is 13.5. The van der Waals surface area contributed by atoms with Crippen molar-refractivity contribution >= 4 is 29.2 Å². The molecule has 1 N–H and O–H groups in total. The average Bonchev–Trinajstić information content (AvgIpc) is 2.68. The van der Waals surface area contributed by atoms with E-state index in [9.17, 15) is 0 Å². The monoisotopic (exact) mass is 429 g/mol. The zero-order valence-corrected chi connectivity index (χ0v) is 21.2. The Morgan fingerprint density at radius 1 is 0.679 bits per heavy atom. The van der Waals surface area contributed by atoms with Crippen LogP contribution >= 0.6 is 24.8 Å². The highest BCUT2D eigenvalue weighted by Crippen LogP contribution is 2.22. The van der Waals surface area contributed by atoms with Crippen LogP contribution in [0.4, 0.5) is 0 Å². The maximum absolute atomic E-state index is 5.20. The highest BCUT2D eigenvalue weighted by atomic mass is 32.1. The van der Waals surface area contributed by atoms with Gasteiger partial charge in [-0.1, -0.05) is 142 Å². The highest BCUT2D eigenvalue weighted by Gasteiger charge is 2.15. The molecule has 0 heterocycles. The molecule has 0 fully saturated rings. The highest BCUT2D eigenvalue weighted by molar-refractivity contribution is 8.11. The van der Waals surface area contributed by atoms with E-state index in [1.165, 1.54) is 122 Å². The van der Waals surface area contributed by atoms with Crippen molar-refractivity contribution in [3.05, 3.63) is 0 Å². The third-order valence-corrected chi connectivity index (χ3v) is 6.39. The summed E-state index contributed by atoms with van der Waals surface area (Å²) in [5, 5.41) is 3.46. The zero-order valence-electron chi connectivity index (χ0n) is 19.4. The van der Waals surface area contributed by atoms with Crippen molar-refractivity contribution in [3.63, 3.8) is 0 Å². The molecular weight excluding hydrogens is 378 g/mol. The van der Waals surface area contributed by atoms with Gasteiger partial charge in [0, 0.05) is 6.04 Å². The van der Waals surface area contributed by atoms with Crippen molar-refractivity contribution < 1.29 is 0 Å². The van der Waals surface area contributed by atoms with Crippen LogP contribution in [0.15, 0.2) is 0 Å². The first-order valence-electron chi connectivity index (χ1n) is 12.6. The smallest absolute Gasteiger partial charge is 0.130 e. The number of nitrogens with one attached hydrogen (secondary N) is 1. The number of unbranched alkanes of at least 4 members (excludes halogenated alkanes) is 13. The van der Waals surface area contributed by atoms with Crippen LogP contribution in [0.1, 0.15) is 143 Å². The number of hydrogen-bond donors (Lipinski definition) is 2. The summed E-state index contributed by atoms with van der Waals surface area (Å²) in [4.78, 5) is 0. The molecule has 1 nitrogen and oxygen atoms in total. The molecule has 0 aliphatic rings. The van der Waals surface area contributed by atoms with Crippen molar-refractivity contribution in [1.29, 1.82) is 0 Å². The summed E-state index contributed by atoms with van der Waals surface area (Å²) >= 11 is 9.52. The topological polar surface area (TPSA) is 12.0 Å². The Hall–Kier alpha value is 0.240. The van der Waals surface area contributed by atoms with Crippen molar-refractivity contribution in [1.82, 2.24) is 5.32 Å². The van der Waals surface area contributed by atoms with Gasteiger partial charge in [0.1, 0.15) is 4.32 Å². The van der Waals surface area contributed by atoms with Gasteiger partial charge in [-0.2, -0.15) is 0 Å². The zero-order chi connectivity index (χ0) is 20.9. The van der Waals surface area contributed by atoms with Crippen LogP contribution in [-0.4, -0.2) is 10.4 Å². The summed E-state index contributed by atoms with van der Waals surface area (Å²) in [6.07, 6.45) is 26.3. The molecule has 0 aromatic rings. The Kier molecular flexibility index (Phi) is 22.1. The predicted molar refractivity (Wildman–Crippen MR) is 137 cm³/mol. The second kappa shape index (κ2) is 21.9. The summed E-state index contributed by atoms with van der Waals surface area (Å²) in [6.45, 7) is 6.92. The van der Waals surface area contributed by atoms with Crippen LogP contribution < -0.4 is 5.32 Å². The number of rotatable bonds is 21. The summed E-state index contributed by atoms with van der Waals surface area (Å²) in [7, 11) is 0. The molecule has 0 saturated carbocycles. The van der Waals surface area contributed by atoms with E-state index in [2.05, 4.69) is 38.7 Å². The van der Waals surface area contributed by atoms with Gasteiger partial charge in [0.2, 0.25) is 0 Å². The number of thiol groups is 1. The number of thiocarbonyl (C=S) groups is 1. The van der Waals surface area contributed by atoms with Gasteiger partial charge in [0.25, 0.3) is 0 Å². The minimum absolute atomic E-state index is 0.527. The Balaban J connectivity index is 3.69. The lowest BCUT2D eigenvalue weighted by Crippen LogP contribution is -2.33. The molecule has 168 valence electrons. The van der Waals surface area contributed by atoms with E-state index in [1.807, 2.05) is 0 Å². The maximum atomic E-state index is 5.20. The maximum Gasteiger partial charge on any atom is 0.130 e. The van der Waals surface area contributed by atoms with Gasteiger partial charge in [-0.05, 0) is 18.8 Å². The third-order valence-electron chi connectivity index (χ3n) is 6.14. The molecule has 0 rings (SSSR count). The second-order valence-corrected chi connectivity index (χ2v) is 9.99. The van der Waals surface area contributed by atoms with E-state index in [0.29, 0.717) is 10.4 Å². The summed E-state index contributed by atoms with van der Waals surface area (Å²) in [5.41, 5.74) is 0. The van der Waals surface area contributed by atoms with E-state index >= 15 is 0 Å². The molecule has 0 aliphatic carbocycles. The molecule has 0 aliphatic heterocycles. The Morgan fingerprint density at radius 3 is 1.57 bits per heavy atom. The quantitative estimate of drug-likeness (QED) is 0.107. The standard InChI is InChI=1S/C25H51NS2/c1-4-7-9-10-11-12-13-14-15-16-17-18-19-21-24(26-25(27)28)22-23(6-3)20-8-5-2/h23-24H,4-22H2,1-3H3,(H2,26,27,28). The van der Waals surface area contributed by atoms with Crippen LogP contribution in [-0.2, 0) is 0 Å². The van der Waals surface area contributed by atoms with Crippen LogP contribution in [0.5, 0.6) is 0 Å². The Bertz CT molecular complexity index is 333. The molecule has 28 heavy (non-hydrogen) atoms. The Labute approximate surface area is 189 Å². The lowest BCUT2D eigenvalue weighted by Gasteiger charge is -2.24. The fraction of sp³-hybridized carbons (Fsp3) is 0.960. The van der Waals surface area contributed by atoms with Gasteiger partial charge in [-0.25, -0.2) is 0 Å². The lowest BCUT2D eigenvalue weighted by molar-refractivity contribution is 0.354. The first kappa shape index (κ1) is 28.2. The van der Waals surface area contributed by atoms with Gasteiger partial charge in [-0.15, -0.1) is 12.6 Å². The third kappa shape index (κ3) is 19.6. The molecule has 3 heteroatoms. The van der Waals surface area contributed by atoms with E-state index in [4.69, 9.17) is 12.2 Å². The van der Waals surface area contributed by atoms with Crippen molar-refractivity contribution in [2.24, 2.45) is 5.92 Å². The molecular formula is C25H51NS2. The minimum atomic E-state index is 0.527. The van der Waals surface area contributed by atoms with E-state index in [-0.39, 0.29) is 0 Å². The predicted octanol–water partition coefficient (Wildman–Crippen LogP) is 9.25. The summed E-state index contributed by atoms with van der Waals surface area (Å²) in [6, 6.07) is 0.527. The van der Waals surface area contributed by atoms with Crippen LogP contribution in [0.25, 0.3) is 0 Å². The summed E-state index contributed by atoms with van der Waals surface area (Å²) in [5.74, 6) is 0.835. The molecule has 0 saturated heterocycles. The van der Waals surface area contributed by atoms with Crippen LogP contribution in [0.2, 0.25) is 0 Å². The van der Waals surface area contributed by atoms with Gasteiger partial charge in [0.15, 0.2) is 0 Å². The van der Waals surface area contributed by atoms with Gasteiger partial charge in [0.05, 0.1) is 0 Å². The van der Waals surface area contributed by atoms with Crippen molar-refractivity contribution in [2.45, 2.75) is 149 Å².